The largest absolute Gasteiger partial charge is 0.493 e. The van der Waals surface area contributed by atoms with Crippen LogP contribution in [0.15, 0.2) is 24.3 Å². The van der Waals surface area contributed by atoms with E-state index in [-0.39, 0.29) is 17.9 Å². The van der Waals surface area contributed by atoms with E-state index in [1.807, 2.05) is 24.3 Å². The minimum Gasteiger partial charge on any atom is -0.493 e. The molecule has 122 valence electrons. The molecular weight excluding hydrogens is 276 g/mol. The summed E-state index contributed by atoms with van der Waals surface area (Å²) in [5.41, 5.74) is 6.90. The van der Waals surface area contributed by atoms with Crippen LogP contribution in [0.3, 0.4) is 0 Å². The first-order valence-corrected chi connectivity index (χ1v) is 8.30. The van der Waals surface area contributed by atoms with Gasteiger partial charge in [0.2, 0.25) is 5.91 Å². The highest BCUT2D eigenvalue weighted by Crippen LogP contribution is 2.24. The quantitative estimate of drug-likeness (QED) is 0.814. The summed E-state index contributed by atoms with van der Waals surface area (Å²) in [7, 11) is 0. The molecule has 0 radical (unpaired) electrons. The molecule has 1 fully saturated rings. The van der Waals surface area contributed by atoms with Crippen LogP contribution in [0, 0.1) is 11.8 Å². The van der Waals surface area contributed by atoms with E-state index in [4.69, 9.17) is 10.5 Å². The summed E-state index contributed by atoms with van der Waals surface area (Å²) in [6, 6.07) is 8.09. The Morgan fingerprint density at radius 2 is 2.14 bits per heavy atom. The number of nitrogens with two attached hydrogens (primary N) is 1. The average molecular weight is 304 g/mol. The number of hydrogen-bond donors (Lipinski definition) is 2. The van der Waals surface area contributed by atoms with E-state index >= 15 is 0 Å². The van der Waals surface area contributed by atoms with Crippen molar-refractivity contribution in [1.29, 1.82) is 0 Å². The zero-order chi connectivity index (χ0) is 15.9. The van der Waals surface area contributed by atoms with E-state index in [1.165, 1.54) is 0 Å². The van der Waals surface area contributed by atoms with E-state index in [2.05, 4.69) is 19.2 Å². The van der Waals surface area contributed by atoms with E-state index in [0.29, 0.717) is 19.1 Å². The van der Waals surface area contributed by atoms with Crippen molar-refractivity contribution in [2.45, 2.75) is 52.1 Å². The number of rotatable bonds is 7. The Kier molecular flexibility index (Phi) is 6.25. The van der Waals surface area contributed by atoms with Crippen molar-refractivity contribution in [1.82, 2.24) is 5.32 Å². The lowest BCUT2D eigenvalue weighted by Crippen LogP contribution is -2.30. The highest BCUT2D eigenvalue weighted by Gasteiger charge is 2.27. The molecule has 0 bridgehead atoms. The van der Waals surface area contributed by atoms with Crippen LogP contribution in [-0.2, 0) is 11.3 Å². The Labute approximate surface area is 133 Å². The van der Waals surface area contributed by atoms with Gasteiger partial charge in [-0.15, -0.1) is 0 Å². The van der Waals surface area contributed by atoms with Gasteiger partial charge >= 0.3 is 0 Å². The van der Waals surface area contributed by atoms with Crippen LogP contribution in [0.5, 0.6) is 5.75 Å². The van der Waals surface area contributed by atoms with Gasteiger partial charge in [-0.2, -0.15) is 0 Å². The fraction of sp³-hybridized carbons (Fsp3) is 0.611. The van der Waals surface area contributed by atoms with Gasteiger partial charge in [0, 0.05) is 24.1 Å². The summed E-state index contributed by atoms with van der Waals surface area (Å²) in [6.07, 6.45) is 3.69. The number of carbonyl (C=O) groups is 1. The number of nitrogens with one attached hydrogen (secondary N) is 1. The molecule has 1 aromatic rings. The Hall–Kier alpha value is -1.55. The number of para-hydroxylation sites is 1. The van der Waals surface area contributed by atoms with Crippen LogP contribution in [0.4, 0.5) is 0 Å². The highest BCUT2D eigenvalue weighted by molar-refractivity contribution is 5.79. The Bertz CT molecular complexity index is 488. The maximum atomic E-state index is 12.2. The number of carbonyl (C=O) groups excluding carboxylic acids is 1. The Balaban J connectivity index is 1.85. The Morgan fingerprint density at radius 3 is 2.82 bits per heavy atom. The minimum absolute atomic E-state index is 0.0732. The topological polar surface area (TPSA) is 64.3 Å². The summed E-state index contributed by atoms with van der Waals surface area (Å²) in [6.45, 7) is 5.59. The van der Waals surface area contributed by atoms with Crippen molar-refractivity contribution in [3.05, 3.63) is 29.8 Å². The van der Waals surface area contributed by atoms with Gasteiger partial charge in [-0.05, 0) is 37.7 Å². The molecule has 1 amide bonds. The van der Waals surface area contributed by atoms with Crippen molar-refractivity contribution in [3.8, 4) is 5.75 Å². The van der Waals surface area contributed by atoms with Gasteiger partial charge in [0.05, 0.1) is 6.61 Å². The molecule has 4 nitrogen and oxygen atoms in total. The molecule has 2 rings (SSSR count). The standard InChI is InChI=1S/C18H28N2O2/c1-13(2)9-10-22-17-6-4-3-5-15(17)12-20-18(21)14-7-8-16(19)11-14/h3-6,13-14,16H,7-12,19H2,1-2H3,(H,20,21). The predicted molar refractivity (Wildman–Crippen MR) is 88.6 cm³/mol. The number of hydrogen-bond acceptors (Lipinski definition) is 3. The van der Waals surface area contributed by atoms with Crippen LogP contribution in [0.25, 0.3) is 0 Å². The second-order valence-corrected chi connectivity index (χ2v) is 6.63. The minimum atomic E-state index is 0.0732. The average Bonchev–Trinajstić information content (AvgIpc) is 2.92. The Morgan fingerprint density at radius 1 is 1.36 bits per heavy atom. The lowest BCUT2D eigenvalue weighted by atomic mass is 10.1. The molecule has 0 saturated heterocycles. The van der Waals surface area contributed by atoms with Crippen LogP contribution in [0.2, 0.25) is 0 Å². The van der Waals surface area contributed by atoms with E-state index < -0.39 is 0 Å². The summed E-state index contributed by atoms with van der Waals surface area (Å²) in [5.74, 6) is 1.68. The first kappa shape index (κ1) is 16.8. The summed E-state index contributed by atoms with van der Waals surface area (Å²) in [5, 5.41) is 3.03. The maximum Gasteiger partial charge on any atom is 0.223 e. The van der Waals surface area contributed by atoms with Gasteiger partial charge in [0.25, 0.3) is 0 Å². The summed E-state index contributed by atoms with van der Waals surface area (Å²) >= 11 is 0. The molecule has 2 unspecified atom stereocenters. The third-order valence-electron chi connectivity index (χ3n) is 4.22. The lowest BCUT2D eigenvalue weighted by Gasteiger charge is -2.14. The predicted octanol–water partition coefficient (Wildman–Crippen LogP) is 2.86. The van der Waals surface area contributed by atoms with Gasteiger partial charge in [-0.25, -0.2) is 0 Å². The SMILES string of the molecule is CC(C)CCOc1ccccc1CNC(=O)C1CCC(N)C1. The van der Waals surface area contributed by atoms with Crippen molar-refractivity contribution >= 4 is 5.91 Å². The zero-order valence-corrected chi connectivity index (χ0v) is 13.7. The molecule has 3 N–H and O–H groups in total. The summed E-state index contributed by atoms with van der Waals surface area (Å²) < 4.78 is 5.85. The fourth-order valence-electron chi connectivity index (χ4n) is 2.78. The zero-order valence-electron chi connectivity index (χ0n) is 13.7. The van der Waals surface area contributed by atoms with Crippen LogP contribution < -0.4 is 15.8 Å². The molecule has 1 aliphatic rings. The number of amides is 1. The van der Waals surface area contributed by atoms with Crippen LogP contribution in [-0.4, -0.2) is 18.6 Å². The van der Waals surface area contributed by atoms with Gasteiger partial charge in [-0.1, -0.05) is 32.0 Å². The molecule has 0 aliphatic heterocycles. The second-order valence-electron chi connectivity index (χ2n) is 6.63. The summed E-state index contributed by atoms with van der Waals surface area (Å²) in [4.78, 5) is 12.2. The normalized spacial score (nSPS) is 21.1. The van der Waals surface area contributed by atoms with Crippen LogP contribution >= 0.6 is 0 Å². The van der Waals surface area contributed by atoms with E-state index in [1.54, 1.807) is 0 Å². The van der Waals surface area contributed by atoms with Gasteiger partial charge in [-0.3, -0.25) is 4.79 Å². The number of benzene rings is 1. The molecule has 4 heteroatoms. The fourth-order valence-corrected chi connectivity index (χ4v) is 2.78. The maximum absolute atomic E-state index is 12.2. The smallest absolute Gasteiger partial charge is 0.223 e. The molecule has 2 atom stereocenters. The molecule has 0 aromatic heterocycles. The first-order valence-electron chi connectivity index (χ1n) is 8.30. The highest BCUT2D eigenvalue weighted by atomic mass is 16.5. The van der Waals surface area contributed by atoms with Crippen molar-refractivity contribution in [2.24, 2.45) is 17.6 Å². The monoisotopic (exact) mass is 304 g/mol. The van der Waals surface area contributed by atoms with Gasteiger partial charge in [0.15, 0.2) is 0 Å². The first-order chi connectivity index (χ1) is 10.6. The molecule has 0 heterocycles. The third-order valence-corrected chi connectivity index (χ3v) is 4.22. The molecule has 1 aliphatic carbocycles. The van der Waals surface area contributed by atoms with E-state index in [9.17, 15) is 4.79 Å². The molecule has 22 heavy (non-hydrogen) atoms. The van der Waals surface area contributed by atoms with Gasteiger partial charge in [0.1, 0.15) is 5.75 Å². The molecule has 0 spiro atoms. The van der Waals surface area contributed by atoms with Crippen molar-refractivity contribution in [3.63, 3.8) is 0 Å². The van der Waals surface area contributed by atoms with E-state index in [0.717, 1.165) is 37.0 Å². The van der Waals surface area contributed by atoms with Crippen molar-refractivity contribution < 1.29 is 9.53 Å². The van der Waals surface area contributed by atoms with Crippen LogP contribution in [0.1, 0.15) is 45.1 Å². The molecule has 1 aromatic carbocycles. The second kappa shape index (κ2) is 8.18. The third kappa shape index (κ3) is 5.02. The molecular formula is C18H28N2O2. The number of ether oxygens (including phenoxy) is 1. The lowest BCUT2D eigenvalue weighted by molar-refractivity contribution is -0.125. The van der Waals surface area contributed by atoms with Gasteiger partial charge < -0.3 is 15.8 Å². The van der Waals surface area contributed by atoms with Crippen molar-refractivity contribution in [2.75, 3.05) is 6.61 Å². The molecule has 1 saturated carbocycles.